The van der Waals surface area contributed by atoms with Crippen LogP contribution in [0.15, 0.2) is 5.16 Å². The molecule has 1 saturated heterocycles. The Morgan fingerprint density at radius 3 is 2.65 bits per heavy atom. The van der Waals surface area contributed by atoms with Gasteiger partial charge in [0.2, 0.25) is 11.1 Å². The molecule has 0 spiro atoms. The van der Waals surface area contributed by atoms with E-state index in [0.29, 0.717) is 6.04 Å². The normalized spacial score (nSPS) is 21.6. The predicted molar refractivity (Wildman–Crippen MR) is 76.5 cm³/mol. The first-order valence-electron chi connectivity index (χ1n) is 7.49. The highest BCUT2D eigenvalue weighted by atomic mass is 32.2. The second-order valence-electron chi connectivity index (χ2n) is 5.64. The summed E-state index contributed by atoms with van der Waals surface area (Å²) in [5, 5.41) is 12.7. The molecule has 1 atom stereocenters. The third-order valence-corrected chi connectivity index (χ3v) is 5.22. The molecule has 7 heteroatoms. The molecular weight excluding hydrogens is 274 g/mol. The molecule has 20 heavy (non-hydrogen) atoms. The number of thioether (sulfide) groups is 1. The number of hydrogen-bond acceptors (Lipinski definition) is 5. The third kappa shape index (κ3) is 2.82. The van der Waals surface area contributed by atoms with E-state index in [1.165, 1.54) is 24.6 Å². The first kappa shape index (κ1) is 13.9. The van der Waals surface area contributed by atoms with Crippen LogP contribution in [0.4, 0.5) is 0 Å². The lowest BCUT2D eigenvalue weighted by Crippen LogP contribution is -2.34. The Balaban J connectivity index is 1.65. The second-order valence-corrected chi connectivity index (χ2v) is 6.94. The van der Waals surface area contributed by atoms with Crippen LogP contribution in [0, 0.1) is 0 Å². The highest BCUT2D eigenvalue weighted by molar-refractivity contribution is 8.00. The lowest BCUT2D eigenvalue weighted by molar-refractivity contribution is -0.129. The average molecular weight is 295 g/mol. The molecule has 0 bridgehead atoms. The fourth-order valence-corrected chi connectivity index (χ4v) is 3.99. The highest BCUT2D eigenvalue weighted by Crippen LogP contribution is 2.32. The largest absolute Gasteiger partial charge is 0.342 e. The van der Waals surface area contributed by atoms with E-state index in [2.05, 4.69) is 15.5 Å². The summed E-state index contributed by atoms with van der Waals surface area (Å²) in [6, 6.07) is 0.418. The van der Waals surface area contributed by atoms with Crippen LogP contribution in [0.2, 0.25) is 0 Å². The van der Waals surface area contributed by atoms with Crippen LogP contribution in [0.3, 0.4) is 0 Å². The van der Waals surface area contributed by atoms with Crippen LogP contribution in [0.25, 0.3) is 0 Å². The molecule has 1 aromatic rings. The number of hydrogen-bond donors (Lipinski definition) is 0. The molecule has 0 radical (unpaired) electrons. The molecule has 1 aliphatic carbocycles. The Kier molecular flexibility index (Phi) is 4.24. The minimum absolute atomic E-state index is 0.112. The first-order valence-corrected chi connectivity index (χ1v) is 8.37. The van der Waals surface area contributed by atoms with Crippen molar-refractivity contribution in [3.8, 4) is 0 Å². The van der Waals surface area contributed by atoms with Crippen molar-refractivity contribution in [2.45, 2.75) is 61.9 Å². The zero-order valence-corrected chi connectivity index (χ0v) is 12.7. The molecule has 1 aliphatic heterocycles. The van der Waals surface area contributed by atoms with Crippen molar-refractivity contribution < 1.29 is 4.79 Å². The van der Waals surface area contributed by atoms with Crippen molar-refractivity contribution >= 4 is 17.7 Å². The summed E-state index contributed by atoms with van der Waals surface area (Å²) in [6.07, 6.45) is 7.04. The number of aromatic nitrogens is 4. The van der Waals surface area contributed by atoms with Gasteiger partial charge in [-0.3, -0.25) is 4.79 Å². The van der Waals surface area contributed by atoms with Gasteiger partial charge in [-0.1, -0.05) is 24.6 Å². The lowest BCUT2D eigenvalue weighted by atomic mass is 10.3. The number of amides is 1. The number of carbonyl (C=O) groups is 1. The zero-order chi connectivity index (χ0) is 13.9. The zero-order valence-electron chi connectivity index (χ0n) is 11.9. The average Bonchev–Trinajstić information content (AvgIpc) is 3.19. The number of likely N-dealkylation sites (tertiary alicyclic amines) is 1. The second kappa shape index (κ2) is 6.11. The van der Waals surface area contributed by atoms with Crippen molar-refractivity contribution in [1.29, 1.82) is 0 Å². The van der Waals surface area contributed by atoms with Crippen molar-refractivity contribution in [3.05, 3.63) is 0 Å². The summed E-state index contributed by atoms with van der Waals surface area (Å²) in [7, 11) is 0. The van der Waals surface area contributed by atoms with Crippen molar-refractivity contribution in [2.75, 3.05) is 13.1 Å². The van der Waals surface area contributed by atoms with Crippen molar-refractivity contribution in [1.82, 2.24) is 25.1 Å². The first-order chi connectivity index (χ1) is 9.75. The number of nitrogens with zero attached hydrogens (tertiary/aromatic N) is 5. The monoisotopic (exact) mass is 295 g/mol. The van der Waals surface area contributed by atoms with Gasteiger partial charge in [0.25, 0.3) is 0 Å². The van der Waals surface area contributed by atoms with Crippen LogP contribution in [-0.2, 0) is 4.79 Å². The molecule has 1 saturated carbocycles. The SMILES string of the molecule is CC(Sc1nnnn1C1CCCC1)C(=O)N1CCCC1. The van der Waals surface area contributed by atoms with Gasteiger partial charge in [0.05, 0.1) is 11.3 Å². The topological polar surface area (TPSA) is 63.9 Å². The van der Waals surface area contributed by atoms with Crippen molar-refractivity contribution in [2.24, 2.45) is 0 Å². The summed E-state index contributed by atoms with van der Waals surface area (Å²) in [5.74, 6) is 0.216. The quantitative estimate of drug-likeness (QED) is 0.794. The molecule has 1 unspecified atom stereocenters. The maximum absolute atomic E-state index is 12.3. The van der Waals surface area contributed by atoms with E-state index in [1.54, 1.807) is 0 Å². The number of carbonyl (C=O) groups excluding carboxylic acids is 1. The maximum atomic E-state index is 12.3. The molecule has 2 aliphatic rings. The van der Waals surface area contributed by atoms with E-state index in [-0.39, 0.29) is 11.2 Å². The Morgan fingerprint density at radius 1 is 1.25 bits per heavy atom. The molecule has 2 fully saturated rings. The minimum atomic E-state index is -0.112. The van der Waals surface area contributed by atoms with E-state index in [4.69, 9.17) is 0 Å². The Morgan fingerprint density at radius 2 is 1.95 bits per heavy atom. The van der Waals surface area contributed by atoms with Gasteiger partial charge in [0.15, 0.2) is 0 Å². The summed E-state index contributed by atoms with van der Waals surface area (Å²) in [5.41, 5.74) is 0. The van der Waals surface area contributed by atoms with Gasteiger partial charge < -0.3 is 4.90 Å². The standard InChI is InChI=1S/C13H21N5OS/c1-10(12(19)17-8-4-5-9-17)20-13-14-15-16-18(13)11-6-2-3-7-11/h10-11H,2-9H2,1H3. The molecule has 110 valence electrons. The van der Waals surface area contributed by atoms with Crippen LogP contribution < -0.4 is 0 Å². The molecule has 3 rings (SSSR count). The van der Waals surface area contributed by atoms with Crippen LogP contribution in [0.5, 0.6) is 0 Å². The van der Waals surface area contributed by atoms with E-state index >= 15 is 0 Å². The fourth-order valence-electron chi connectivity index (χ4n) is 3.04. The van der Waals surface area contributed by atoms with E-state index in [9.17, 15) is 4.79 Å². The van der Waals surface area contributed by atoms with Gasteiger partial charge in [-0.2, -0.15) is 0 Å². The van der Waals surface area contributed by atoms with Gasteiger partial charge in [-0.05, 0) is 43.0 Å². The Bertz CT molecular complexity index is 465. The van der Waals surface area contributed by atoms with Gasteiger partial charge in [0, 0.05) is 13.1 Å². The summed E-state index contributed by atoms with van der Waals surface area (Å²) >= 11 is 1.49. The lowest BCUT2D eigenvalue weighted by Gasteiger charge is -2.20. The van der Waals surface area contributed by atoms with Crippen molar-refractivity contribution in [3.63, 3.8) is 0 Å². The fraction of sp³-hybridized carbons (Fsp3) is 0.846. The van der Waals surface area contributed by atoms with Crippen LogP contribution in [-0.4, -0.2) is 49.4 Å². The predicted octanol–water partition coefficient (Wildman–Crippen LogP) is 1.89. The van der Waals surface area contributed by atoms with E-state index in [0.717, 1.165) is 43.9 Å². The number of rotatable bonds is 4. The Labute approximate surface area is 123 Å². The Hall–Kier alpha value is -1.11. The summed E-state index contributed by atoms with van der Waals surface area (Å²) in [6.45, 7) is 3.76. The van der Waals surface area contributed by atoms with Crippen LogP contribution in [0.1, 0.15) is 51.5 Å². The van der Waals surface area contributed by atoms with Gasteiger partial charge in [-0.15, -0.1) is 5.10 Å². The molecule has 0 aromatic carbocycles. The van der Waals surface area contributed by atoms with E-state index < -0.39 is 0 Å². The third-order valence-electron chi connectivity index (χ3n) is 4.18. The minimum Gasteiger partial charge on any atom is -0.342 e. The summed E-state index contributed by atoms with van der Waals surface area (Å²) in [4.78, 5) is 14.3. The molecule has 0 N–H and O–H groups in total. The molecular formula is C13H21N5OS. The maximum Gasteiger partial charge on any atom is 0.235 e. The van der Waals surface area contributed by atoms with Crippen LogP contribution >= 0.6 is 11.8 Å². The highest BCUT2D eigenvalue weighted by Gasteiger charge is 2.27. The molecule has 1 aromatic heterocycles. The molecule has 1 amide bonds. The smallest absolute Gasteiger partial charge is 0.235 e. The van der Waals surface area contributed by atoms with Gasteiger partial charge >= 0.3 is 0 Å². The van der Waals surface area contributed by atoms with E-state index in [1.807, 2.05) is 16.5 Å². The van der Waals surface area contributed by atoms with Gasteiger partial charge in [-0.25, -0.2) is 4.68 Å². The van der Waals surface area contributed by atoms with Gasteiger partial charge in [0.1, 0.15) is 0 Å². The number of tetrazole rings is 1. The molecule has 2 heterocycles. The molecule has 6 nitrogen and oxygen atoms in total. The summed E-state index contributed by atoms with van der Waals surface area (Å²) < 4.78 is 1.92.